The molecule has 1 heterocycles. The Hall–Kier alpha value is -2.96. The van der Waals surface area contributed by atoms with Crippen LogP contribution in [0.4, 0.5) is 5.69 Å². The summed E-state index contributed by atoms with van der Waals surface area (Å²) in [5.74, 6) is 0.0963. The molecule has 1 aromatic carbocycles. The molecular formula is C15H13N3O4. The summed E-state index contributed by atoms with van der Waals surface area (Å²) in [7, 11) is 0. The first kappa shape index (κ1) is 14.0. The van der Waals surface area contributed by atoms with Crippen molar-refractivity contribution in [2.75, 3.05) is 5.32 Å². The Morgan fingerprint density at radius 2 is 2.09 bits per heavy atom. The Kier molecular flexibility index (Phi) is 3.69. The second-order valence-corrected chi connectivity index (χ2v) is 4.97. The highest BCUT2D eigenvalue weighted by Gasteiger charge is 2.53. The summed E-state index contributed by atoms with van der Waals surface area (Å²) >= 11 is 0. The third-order valence-electron chi connectivity index (χ3n) is 3.37. The Bertz CT molecular complexity index is 705. The molecular weight excluding hydrogens is 286 g/mol. The fourth-order valence-corrected chi connectivity index (χ4v) is 2.10. The molecule has 0 aliphatic heterocycles. The number of nitro groups is 1. The Morgan fingerprint density at radius 1 is 1.32 bits per heavy atom. The van der Waals surface area contributed by atoms with Gasteiger partial charge in [0.2, 0.25) is 11.9 Å². The summed E-state index contributed by atoms with van der Waals surface area (Å²) in [6.07, 6.45) is 3.28. The van der Waals surface area contributed by atoms with E-state index < -0.39 is 16.9 Å². The van der Waals surface area contributed by atoms with Gasteiger partial charge in [-0.05, 0) is 12.1 Å². The molecule has 112 valence electrons. The molecule has 0 spiro atoms. The lowest BCUT2D eigenvalue weighted by atomic mass is 10.3. The van der Waals surface area contributed by atoms with Crippen LogP contribution in [0.15, 0.2) is 48.8 Å². The molecule has 1 amide bonds. The van der Waals surface area contributed by atoms with Crippen LogP contribution in [-0.4, -0.2) is 21.9 Å². The predicted molar refractivity (Wildman–Crippen MR) is 78.3 cm³/mol. The lowest BCUT2D eigenvalue weighted by molar-refractivity contribution is -0.497. The average molecular weight is 299 g/mol. The van der Waals surface area contributed by atoms with Gasteiger partial charge in [-0.15, -0.1) is 0 Å². The topological polar surface area (TPSA) is 94.4 Å². The molecule has 1 aliphatic carbocycles. The van der Waals surface area contributed by atoms with Crippen molar-refractivity contribution in [2.45, 2.75) is 12.5 Å². The minimum Gasteiger partial charge on any atom is -0.455 e. The predicted octanol–water partition coefficient (Wildman–Crippen LogP) is 2.48. The molecule has 2 aromatic rings. The number of pyridine rings is 1. The zero-order valence-corrected chi connectivity index (χ0v) is 11.5. The number of carbonyl (C=O) groups is 1. The van der Waals surface area contributed by atoms with E-state index in [1.807, 2.05) is 18.2 Å². The highest BCUT2D eigenvalue weighted by molar-refractivity contribution is 5.95. The summed E-state index contributed by atoms with van der Waals surface area (Å²) in [5.41, 5.74) is 0.394. The zero-order chi connectivity index (χ0) is 15.5. The van der Waals surface area contributed by atoms with Crippen molar-refractivity contribution in [1.29, 1.82) is 0 Å². The van der Waals surface area contributed by atoms with E-state index in [9.17, 15) is 14.9 Å². The number of nitrogens with one attached hydrogen (secondary N) is 1. The van der Waals surface area contributed by atoms with Gasteiger partial charge in [0.15, 0.2) is 5.75 Å². The van der Waals surface area contributed by atoms with Crippen LogP contribution < -0.4 is 10.1 Å². The number of hydrogen-bond acceptors (Lipinski definition) is 5. The van der Waals surface area contributed by atoms with E-state index in [0.29, 0.717) is 17.2 Å². The smallest absolute Gasteiger partial charge is 0.234 e. The van der Waals surface area contributed by atoms with E-state index in [1.165, 1.54) is 6.20 Å². The second kappa shape index (κ2) is 5.80. The lowest BCUT2D eigenvalue weighted by Crippen LogP contribution is -2.18. The van der Waals surface area contributed by atoms with Crippen LogP contribution in [0.25, 0.3) is 0 Å². The average Bonchev–Trinajstić information content (AvgIpc) is 3.31. The zero-order valence-electron chi connectivity index (χ0n) is 11.5. The number of nitrogens with zero attached hydrogens (tertiary/aromatic N) is 2. The highest BCUT2D eigenvalue weighted by Crippen LogP contribution is 2.35. The summed E-state index contributed by atoms with van der Waals surface area (Å²) in [6, 6.07) is 9.95. The Morgan fingerprint density at radius 3 is 2.77 bits per heavy atom. The molecule has 1 saturated carbocycles. The molecule has 22 heavy (non-hydrogen) atoms. The number of ether oxygens (including phenoxy) is 1. The monoisotopic (exact) mass is 299 g/mol. The van der Waals surface area contributed by atoms with Crippen LogP contribution in [-0.2, 0) is 4.79 Å². The van der Waals surface area contributed by atoms with E-state index in [2.05, 4.69) is 10.3 Å². The van der Waals surface area contributed by atoms with Crippen LogP contribution in [0.3, 0.4) is 0 Å². The molecule has 7 nitrogen and oxygen atoms in total. The van der Waals surface area contributed by atoms with E-state index in [4.69, 9.17) is 4.74 Å². The van der Waals surface area contributed by atoms with Gasteiger partial charge in [0.1, 0.15) is 17.4 Å². The normalized spacial score (nSPS) is 19.3. The number of rotatable bonds is 5. The van der Waals surface area contributed by atoms with Gasteiger partial charge in [-0.1, -0.05) is 18.2 Å². The van der Waals surface area contributed by atoms with Crippen molar-refractivity contribution < 1.29 is 14.5 Å². The third-order valence-corrected chi connectivity index (χ3v) is 3.37. The Labute approximate surface area is 126 Å². The van der Waals surface area contributed by atoms with E-state index in [1.54, 1.807) is 24.4 Å². The minimum atomic E-state index is -0.782. The van der Waals surface area contributed by atoms with Gasteiger partial charge < -0.3 is 10.1 Å². The summed E-state index contributed by atoms with van der Waals surface area (Å²) < 4.78 is 5.70. The van der Waals surface area contributed by atoms with Gasteiger partial charge in [-0.25, -0.2) is 0 Å². The van der Waals surface area contributed by atoms with Crippen molar-refractivity contribution in [3.05, 3.63) is 58.9 Å². The van der Waals surface area contributed by atoms with Gasteiger partial charge >= 0.3 is 0 Å². The van der Waals surface area contributed by atoms with Gasteiger partial charge in [0.25, 0.3) is 0 Å². The third kappa shape index (κ3) is 3.03. The first-order valence-electron chi connectivity index (χ1n) is 6.76. The molecule has 1 N–H and O–H groups in total. The van der Waals surface area contributed by atoms with Crippen LogP contribution in [0.5, 0.6) is 11.5 Å². The molecule has 1 fully saturated rings. The first-order valence-corrected chi connectivity index (χ1v) is 6.76. The maximum atomic E-state index is 12.0. The van der Waals surface area contributed by atoms with Gasteiger partial charge in [0, 0.05) is 23.6 Å². The molecule has 0 radical (unpaired) electrons. The number of aromatic nitrogens is 1. The standard InChI is InChI=1S/C15H13N3O4/c19-15(11-8-13(11)18(20)21)17-12-9-16-7-6-14(12)22-10-4-2-1-3-5-10/h1-7,9,11,13H,8H2,(H,17,19)/t11-,13-/m0/s1. The SMILES string of the molecule is O=C(Nc1cnccc1Oc1ccccc1)[C@H]1C[C@@H]1[N+](=O)[O-]. The van der Waals surface area contributed by atoms with Gasteiger partial charge in [0.05, 0.1) is 6.20 Å². The molecule has 3 rings (SSSR count). The largest absolute Gasteiger partial charge is 0.455 e. The molecule has 7 heteroatoms. The summed E-state index contributed by atoms with van der Waals surface area (Å²) in [6.45, 7) is 0. The fraction of sp³-hybridized carbons (Fsp3) is 0.200. The molecule has 0 bridgehead atoms. The number of para-hydroxylation sites is 1. The molecule has 2 atom stereocenters. The minimum absolute atomic E-state index is 0.272. The van der Waals surface area contributed by atoms with Crippen molar-refractivity contribution in [1.82, 2.24) is 4.98 Å². The maximum Gasteiger partial charge on any atom is 0.234 e. The van der Waals surface area contributed by atoms with Gasteiger partial charge in [-0.3, -0.25) is 19.9 Å². The van der Waals surface area contributed by atoms with Crippen LogP contribution in [0, 0.1) is 16.0 Å². The second-order valence-electron chi connectivity index (χ2n) is 4.97. The number of hydrogen-bond donors (Lipinski definition) is 1. The van der Waals surface area contributed by atoms with E-state index >= 15 is 0 Å². The lowest BCUT2D eigenvalue weighted by Gasteiger charge is -2.11. The van der Waals surface area contributed by atoms with Crippen LogP contribution in [0.1, 0.15) is 6.42 Å². The van der Waals surface area contributed by atoms with Gasteiger partial charge in [-0.2, -0.15) is 0 Å². The maximum absolute atomic E-state index is 12.0. The van der Waals surface area contributed by atoms with Crippen LogP contribution in [0.2, 0.25) is 0 Å². The summed E-state index contributed by atoms with van der Waals surface area (Å²) in [5, 5.41) is 13.3. The Balaban J connectivity index is 1.72. The number of anilines is 1. The highest BCUT2D eigenvalue weighted by atomic mass is 16.6. The number of carbonyl (C=O) groups excluding carboxylic acids is 1. The molecule has 1 aliphatic rings. The van der Waals surface area contributed by atoms with E-state index in [-0.39, 0.29) is 12.3 Å². The van der Waals surface area contributed by atoms with E-state index in [0.717, 1.165) is 0 Å². The number of benzene rings is 1. The van der Waals surface area contributed by atoms with Crippen LogP contribution >= 0.6 is 0 Å². The quantitative estimate of drug-likeness (QED) is 0.676. The van der Waals surface area contributed by atoms with Crippen molar-refractivity contribution in [3.8, 4) is 11.5 Å². The first-order chi connectivity index (χ1) is 10.6. The van der Waals surface area contributed by atoms with Crippen molar-refractivity contribution >= 4 is 11.6 Å². The summed E-state index contributed by atoms with van der Waals surface area (Å²) in [4.78, 5) is 26.1. The molecule has 1 aromatic heterocycles. The van der Waals surface area contributed by atoms with Crippen molar-refractivity contribution in [2.24, 2.45) is 5.92 Å². The number of amides is 1. The van der Waals surface area contributed by atoms with Crippen molar-refractivity contribution in [3.63, 3.8) is 0 Å². The molecule has 0 saturated heterocycles. The fourth-order valence-electron chi connectivity index (χ4n) is 2.10. The molecule has 0 unspecified atom stereocenters.